The summed E-state index contributed by atoms with van der Waals surface area (Å²) < 4.78 is 5.95. The van der Waals surface area contributed by atoms with Gasteiger partial charge in [0.15, 0.2) is 5.82 Å². The van der Waals surface area contributed by atoms with E-state index in [9.17, 15) is 4.79 Å². The Morgan fingerprint density at radius 3 is 2.52 bits per heavy atom. The fourth-order valence-corrected chi connectivity index (χ4v) is 3.78. The molecule has 4 rings (SSSR count). The van der Waals surface area contributed by atoms with E-state index in [4.69, 9.17) is 14.8 Å². The van der Waals surface area contributed by atoms with Crippen LogP contribution in [0.2, 0.25) is 0 Å². The number of aliphatic hydroxyl groups is 1. The van der Waals surface area contributed by atoms with Crippen LogP contribution in [0.1, 0.15) is 26.7 Å². The van der Waals surface area contributed by atoms with Crippen LogP contribution in [0, 0.1) is 0 Å². The van der Waals surface area contributed by atoms with E-state index in [1.54, 1.807) is 12.1 Å². The van der Waals surface area contributed by atoms with Gasteiger partial charge in [0.1, 0.15) is 0 Å². The number of carbonyl (C=O) groups is 1. The predicted molar refractivity (Wildman–Crippen MR) is 118 cm³/mol. The summed E-state index contributed by atoms with van der Waals surface area (Å²) in [6, 6.07) is 7.14. The fraction of sp³-hybridized carbons (Fsp3) is 0.524. The van der Waals surface area contributed by atoms with Crippen LogP contribution in [-0.4, -0.2) is 70.6 Å². The molecule has 0 saturated carbocycles. The first kappa shape index (κ1) is 21.3. The molecule has 166 valence electrons. The number of anilines is 3. The first-order valence-electron chi connectivity index (χ1n) is 10.7. The monoisotopic (exact) mass is 427 g/mol. The molecular weight excluding hydrogens is 398 g/mol. The van der Waals surface area contributed by atoms with Crippen molar-refractivity contribution in [2.45, 2.75) is 44.9 Å². The highest BCUT2D eigenvalue weighted by Gasteiger charge is 2.35. The molecule has 0 radical (unpaired) electrons. The number of urea groups is 1. The van der Waals surface area contributed by atoms with Crippen molar-refractivity contribution in [3.05, 3.63) is 24.3 Å². The van der Waals surface area contributed by atoms with E-state index < -0.39 is 0 Å². The molecule has 2 unspecified atom stereocenters. The number of hydrogen-bond acceptors (Lipinski definition) is 8. The Hall–Kier alpha value is -2.98. The second kappa shape index (κ2) is 9.44. The van der Waals surface area contributed by atoms with E-state index in [2.05, 4.69) is 30.8 Å². The number of ether oxygens (including phenoxy) is 1. The van der Waals surface area contributed by atoms with Crippen LogP contribution < -0.4 is 20.9 Å². The van der Waals surface area contributed by atoms with Gasteiger partial charge >= 0.3 is 6.03 Å². The van der Waals surface area contributed by atoms with Crippen LogP contribution in [0.4, 0.5) is 22.4 Å². The SMILES string of the molecule is CC(C)Nc1nc(-c2ccc(NC(=O)NCCO)cc2)nc(N2CC3CCC(C2)O3)n1. The number of amides is 2. The Labute approximate surface area is 181 Å². The maximum atomic E-state index is 11.8. The van der Waals surface area contributed by atoms with Gasteiger partial charge in [0.05, 0.1) is 18.8 Å². The van der Waals surface area contributed by atoms with Crippen molar-refractivity contribution in [3.8, 4) is 11.4 Å². The van der Waals surface area contributed by atoms with Gasteiger partial charge in [0, 0.05) is 36.9 Å². The van der Waals surface area contributed by atoms with Crippen LogP contribution in [0.25, 0.3) is 11.4 Å². The normalized spacial score (nSPS) is 20.1. The summed E-state index contributed by atoms with van der Waals surface area (Å²) in [5.74, 6) is 1.77. The molecule has 2 aliphatic heterocycles. The van der Waals surface area contributed by atoms with Crippen LogP contribution >= 0.6 is 0 Å². The van der Waals surface area contributed by atoms with Crippen molar-refractivity contribution in [2.75, 3.05) is 41.8 Å². The third-order valence-electron chi connectivity index (χ3n) is 5.17. The summed E-state index contributed by atoms with van der Waals surface area (Å²) in [6.07, 6.45) is 2.64. The second-order valence-corrected chi connectivity index (χ2v) is 8.13. The average molecular weight is 428 g/mol. The maximum absolute atomic E-state index is 11.8. The van der Waals surface area contributed by atoms with Crippen LogP contribution in [0.5, 0.6) is 0 Å². The Balaban J connectivity index is 1.56. The zero-order valence-electron chi connectivity index (χ0n) is 17.8. The summed E-state index contributed by atoms with van der Waals surface area (Å²) >= 11 is 0. The van der Waals surface area contributed by atoms with Gasteiger partial charge in [-0.2, -0.15) is 15.0 Å². The van der Waals surface area contributed by atoms with Crippen molar-refractivity contribution in [3.63, 3.8) is 0 Å². The van der Waals surface area contributed by atoms with Crippen molar-refractivity contribution in [1.82, 2.24) is 20.3 Å². The summed E-state index contributed by atoms with van der Waals surface area (Å²) in [5, 5.41) is 17.4. The van der Waals surface area contributed by atoms with E-state index in [0.29, 0.717) is 23.4 Å². The number of rotatable bonds is 7. The number of hydrogen-bond donors (Lipinski definition) is 4. The minimum Gasteiger partial charge on any atom is -0.395 e. The molecule has 2 fully saturated rings. The lowest BCUT2D eigenvalue weighted by atomic mass is 10.2. The first-order chi connectivity index (χ1) is 15.0. The molecule has 2 atom stereocenters. The molecule has 10 heteroatoms. The van der Waals surface area contributed by atoms with Gasteiger partial charge in [-0.1, -0.05) is 0 Å². The highest BCUT2D eigenvalue weighted by molar-refractivity contribution is 5.89. The molecule has 1 aromatic heterocycles. The van der Waals surface area contributed by atoms with Gasteiger partial charge in [0.25, 0.3) is 0 Å². The summed E-state index contributed by atoms with van der Waals surface area (Å²) in [7, 11) is 0. The van der Waals surface area contributed by atoms with E-state index in [1.165, 1.54) is 0 Å². The van der Waals surface area contributed by atoms with Gasteiger partial charge in [-0.25, -0.2) is 4.79 Å². The Bertz CT molecular complexity index is 894. The fourth-order valence-electron chi connectivity index (χ4n) is 3.78. The molecule has 3 heterocycles. The molecule has 2 saturated heterocycles. The molecular formula is C21H29N7O3. The number of carbonyl (C=O) groups excluding carboxylic acids is 1. The highest BCUT2D eigenvalue weighted by Crippen LogP contribution is 2.29. The number of aliphatic hydroxyl groups excluding tert-OH is 1. The van der Waals surface area contributed by atoms with Gasteiger partial charge in [0.2, 0.25) is 11.9 Å². The van der Waals surface area contributed by atoms with Crippen LogP contribution in [-0.2, 0) is 4.74 Å². The van der Waals surface area contributed by atoms with Crippen molar-refractivity contribution in [2.24, 2.45) is 0 Å². The van der Waals surface area contributed by atoms with Gasteiger partial charge in [-0.3, -0.25) is 0 Å². The molecule has 4 N–H and O–H groups in total. The number of benzene rings is 1. The summed E-state index contributed by atoms with van der Waals surface area (Å²) in [4.78, 5) is 27.9. The largest absolute Gasteiger partial charge is 0.395 e. The standard InChI is InChI=1S/C21H29N7O3/c1-13(2)23-19-25-18(14-3-5-15(6-4-14)24-21(30)22-9-10-29)26-20(27-19)28-11-16-7-8-17(12-28)31-16/h3-6,13,16-17,29H,7-12H2,1-2H3,(H2,22,24,30)(H,23,25,26,27). The minimum atomic E-state index is -0.366. The molecule has 2 bridgehead atoms. The molecule has 0 spiro atoms. The molecule has 1 aromatic carbocycles. The molecule has 2 amide bonds. The van der Waals surface area contributed by atoms with E-state index >= 15 is 0 Å². The van der Waals surface area contributed by atoms with Crippen molar-refractivity contribution in [1.29, 1.82) is 0 Å². The van der Waals surface area contributed by atoms with Gasteiger partial charge in [-0.15, -0.1) is 0 Å². The molecule has 2 aromatic rings. The minimum absolute atomic E-state index is 0.106. The first-order valence-corrected chi connectivity index (χ1v) is 10.7. The summed E-state index contributed by atoms with van der Waals surface area (Å²) in [5.41, 5.74) is 1.46. The zero-order valence-corrected chi connectivity index (χ0v) is 17.8. The zero-order chi connectivity index (χ0) is 21.8. The Morgan fingerprint density at radius 1 is 1.16 bits per heavy atom. The third-order valence-corrected chi connectivity index (χ3v) is 5.17. The average Bonchev–Trinajstić information content (AvgIpc) is 3.09. The maximum Gasteiger partial charge on any atom is 0.319 e. The number of fused-ring (bicyclic) bond motifs is 2. The van der Waals surface area contributed by atoms with Crippen molar-refractivity contribution < 1.29 is 14.6 Å². The molecule has 2 aliphatic rings. The predicted octanol–water partition coefficient (Wildman–Crippen LogP) is 1.84. The highest BCUT2D eigenvalue weighted by atomic mass is 16.5. The quantitative estimate of drug-likeness (QED) is 0.528. The van der Waals surface area contributed by atoms with Gasteiger partial charge < -0.3 is 30.7 Å². The van der Waals surface area contributed by atoms with Crippen LogP contribution in [0.15, 0.2) is 24.3 Å². The number of nitrogens with one attached hydrogen (secondary N) is 3. The van der Waals surface area contributed by atoms with Gasteiger partial charge in [-0.05, 0) is 51.0 Å². The Kier molecular flexibility index (Phi) is 6.47. The van der Waals surface area contributed by atoms with Crippen LogP contribution in [0.3, 0.4) is 0 Å². The van der Waals surface area contributed by atoms with E-state index in [0.717, 1.165) is 31.5 Å². The molecule has 0 aliphatic carbocycles. The molecule has 10 nitrogen and oxygen atoms in total. The van der Waals surface area contributed by atoms with E-state index in [1.807, 2.05) is 26.0 Å². The smallest absolute Gasteiger partial charge is 0.319 e. The lowest BCUT2D eigenvalue weighted by molar-refractivity contribution is 0.0299. The molecule has 31 heavy (non-hydrogen) atoms. The Morgan fingerprint density at radius 2 is 1.87 bits per heavy atom. The summed E-state index contributed by atoms with van der Waals surface area (Å²) in [6.45, 7) is 5.75. The van der Waals surface area contributed by atoms with Crippen molar-refractivity contribution >= 4 is 23.6 Å². The number of morpholine rings is 1. The third kappa shape index (κ3) is 5.39. The van der Waals surface area contributed by atoms with E-state index in [-0.39, 0.29) is 37.4 Å². The topological polar surface area (TPSA) is 125 Å². The lowest BCUT2D eigenvalue weighted by Crippen LogP contribution is -2.43. The number of nitrogens with zero attached hydrogens (tertiary/aromatic N) is 4. The number of aromatic nitrogens is 3. The lowest BCUT2D eigenvalue weighted by Gasteiger charge is -2.32. The second-order valence-electron chi connectivity index (χ2n) is 8.13.